The van der Waals surface area contributed by atoms with E-state index in [1.54, 1.807) is 7.11 Å². The van der Waals surface area contributed by atoms with Gasteiger partial charge in [0.2, 0.25) is 5.91 Å². The molecule has 0 N–H and O–H groups in total. The van der Waals surface area contributed by atoms with Crippen molar-refractivity contribution in [2.24, 2.45) is 5.92 Å². The first kappa shape index (κ1) is 22.3. The maximum absolute atomic E-state index is 12.9. The molecule has 3 aromatic rings. The van der Waals surface area contributed by atoms with Crippen LogP contribution in [0.15, 0.2) is 48.5 Å². The summed E-state index contributed by atoms with van der Waals surface area (Å²) in [5, 5.41) is 1.73. The van der Waals surface area contributed by atoms with Gasteiger partial charge in [0.15, 0.2) is 0 Å². The molecule has 0 aliphatic heterocycles. The van der Waals surface area contributed by atoms with Crippen LogP contribution in [0.4, 0.5) is 0 Å². The Morgan fingerprint density at radius 3 is 2.67 bits per heavy atom. The minimum atomic E-state index is -0.0711. The van der Waals surface area contributed by atoms with Crippen molar-refractivity contribution in [1.29, 1.82) is 0 Å². The van der Waals surface area contributed by atoms with E-state index in [4.69, 9.17) is 21.3 Å². The summed E-state index contributed by atoms with van der Waals surface area (Å²) in [7, 11) is 1.68. The van der Waals surface area contributed by atoms with E-state index < -0.39 is 0 Å². The van der Waals surface area contributed by atoms with Gasteiger partial charge in [-0.3, -0.25) is 4.79 Å². The molecule has 0 saturated carbocycles. The second-order valence-electron chi connectivity index (χ2n) is 7.96. The summed E-state index contributed by atoms with van der Waals surface area (Å²) in [4.78, 5) is 19.8. The number of ether oxygens (including phenoxy) is 1. The third-order valence-electron chi connectivity index (χ3n) is 5.09. The molecule has 0 radical (unpaired) electrons. The minimum absolute atomic E-state index is 0.0711. The first-order chi connectivity index (χ1) is 14.4. The maximum Gasteiger partial charge on any atom is 0.225 e. The highest BCUT2D eigenvalue weighted by Crippen LogP contribution is 2.29. The van der Waals surface area contributed by atoms with Crippen molar-refractivity contribution in [3.8, 4) is 11.3 Å². The molecule has 4 nitrogen and oxygen atoms in total. The van der Waals surface area contributed by atoms with E-state index in [0.29, 0.717) is 24.7 Å². The van der Waals surface area contributed by atoms with E-state index in [9.17, 15) is 4.79 Å². The average molecular weight is 425 g/mol. The minimum Gasteiger partial charge on any atom is -0.385 e. The van der Waals surface area contributed by atoms with Gasteiger partial charge in [-0.1, -0.05) is 49.7 Å². The van der Waals surface area contributed by atoms with Gasteiger partial charge in [0.1, 0.15) is 0 Å². The van der Waals surface area contributed by atoms with Gasteiger partial charge in [0.25, 0.3) is 0 Å². The fraction of sp³-hybridized carbons (Fsp3) is 0.360. The highest BCUT2D eigenvalue weighted by molar-refractivity contribution is 6.30. The summed E-state index contributed by atoms with van der Waals surface area (Å²) in [6, 6.07) is 16.1. The number of rotatable bonds is 8. The van der Waals surface area contributed by atoms with Gasteiger partial charge < -0.3 is 9.64 Å². The number of pyridine rings is 1. The van der Waals surface area contributed by atoms with Crippen LogP contribution in [0.1, 0.15) is 31.4 Å². The highest BCUT2D eigenvalue weighted by Gasteiger charge is 2.20. The molecule has 3 rings (SSSR count). The lowest BCUT2D eigenvalue weighted by Gasteiger charge is -2.26. The van der Waals surface area contributed by atoms with Crippen molar-refractivity contribution >= 4 is 28.4 Å². The fourth-order valence-electron chi connectivity index (χ4n) is 3.56. The van der Waals surface area contributed by atoms with Crippen LogP contribution in [0, 0.1) is 12.8 Å². The first-order valence-corrected chi connectivity index (χ1v) is 10.7. The summed E-state index contributed by atoms with van der Waals surface area (Å²) in [5.41, 5.74) is 4.93. The number of hydrogen-bond donors (Lipinski definition) is 0. The zero-order chi connectivity index (χ0) is 21.7. The van der Waals surface area contributed by atoms with Gasteiger partial charge >= 0.3 is 0 Å². The third kappa shape index (κ3) is 5.38. The summed E-state index contributed by atoms with van der Waals surface area (Å²) in [6.07, 6.45) is 0.793. The van der Waals surface area contributed by atoms with Crippen molar-refractivity contribution in [3.05, 3.63) is 64.7 Å². The maximum atomic E-state index is 12.9. The van der Waals surface area contributed by atoms with Crippen LogP contribution in [0.25, 0.3) is 22.2 Å². The average Bonchev–Trinajstić information content (AvgIpc) is 2.72. The monoisotopic (exact) mass is 424 g/mol. The fourth-order valence-corrected chi connectivity index (χ4v) is 3.76. The van der Waals surface area contributed by atoms with Crippen LogP contribution in [0.3, 0.4) is 0 Å². The Kier molecular flexibility index (Phi) is 7.46. The Balaban J connectivity index is 2.08. The lowest BCUT2D eigenvalue weighted by molar-refractivity contribution is -0.135. The standard InChI is InChI=1S/C25H29ClN2O2/c1-17(2)25(29)28(11-6-12-30-4)16-21-14-19-10-9-18(3)13-23(19)27-24(21)20-7-5-8-22(26)15-20/h5,7-10,13-15,17H,6,11-12,16H2,1-4H3. The number of aryl methyl sites for hydroxylation is 1. The molecule has 0 saturated heterocycles. The van der Waals surface area contributed by atoms with E-state index >= 15 is 0 Å². The van der Waals surface area contributed by atoms with E-state index in [-0.39, 0.29) is 11.8 Å². The number of carbonyl (C=O) groups is 1. The molecule has 0 spiro atoms. The lowest BCUT2D eigenvalue weighted by atomic mass is 10.0. The van der Waals surface area contributed by atoms with E-state index in [1.165, 1.54) is 0 Å². The van der Waals surface area contributed by atoms with Gasteiger partial charge in [0, 0.05) is 48.7 Å². The SMILES string of the molecule is COCCCN(Cc1cc2ccc(C)cc2nc1-c1cccc(Cl)c1)C(=O)C(C)C. The third-order valence-corrected chi connectivity index (χ3v) is 5.33. The van der Waals surface area contributed by atoms with Gasteiger partial charge in [-0.25, -0.2) is 4.98 Å². The molecule has 1 aromatic heterocycles. The predicted octanol–water partition coefficient (Wildman–Crippen LogP) is 5.88. The second-order valence-corrected chi connectivity index (χ2v) is 8.40. The van der Waals surface area contributed by atoms with Gasteiger partial charge in [-0.05, 0) is 48.7 Å². The van der Waals surface area contributed by atoms with E-state index in [1.807, 2.05) is 43.0 Å². The van der Waals surface area contributed by atoms with Crippen molar-refractivity contribution in [2.45, 2.75) is 33.7 Å². The molecule has 158 valence electrons. The number of hydrogen-bond acceptors (Lipinski definition) is 3. The number of aromatic nitrogens is 1. The largest absolute Gasteiger partial charge is 0.385 e. The molecular formula is C25H29ClN2O2. The summed E-state index contributed by atoms with van der Waals surface area (Å²) in [5.74, 6) is 0.0605. The summed E-state index contributed by atoms with van der Waals surface area (Å²) >= 11 is 6.27. The normalized spacial score (nSPS) is 11.3. The Morgan fingerprint density at radius 2 is 1.97 bits per heavy atom. The van der Waals surface area contributed by atoms with Crippen molar-refractivity contribution in [3.63, 3.8) is 0 Å². The van der Waals surface area contributed by atoms with Crippen molar-refractivity contribution in [1.82, 2.24) is 9.88 Å². The number of fused-ring (bicyclic) bond motifs is 1. The van der Waals surface area contributed by atoms with Crippen LogP contribution in [0.2, 0.25) is 5.02 Å². The Labute approximate surface area is 183 Å². The van der Waals surface area contributed by atoms with E-state index in [0.717, 1.165) is 39.7 Å². The quantitative estimate of drug-likeness (QED) is 0.424. The summed E-state index contributed by atoms with van der Waals surface area (Å²) < 4.78 is 5.19. The zero-order valence-electron chi connectivity index (χ0n) is 18.1. The van der Waals surface area contributed by atoms with Crippen LogP contribution in [-0.4, -0.2) is 36.1 Å². The molecule has 1 heterocycles. The molecule has 0 unspecified atom stereocenters. The predicted molar refractivity (Wildman–Crippen MR) is 124 cm³/mol. The topological polar surface area (TPSA) is 42.4 Å². The van der Waals surface area contributed by atoms with Gasteiger partial charge in [-0.15, -0.1) is 0 Å². The lowest BCUT2D eigenvalue weighted by Crippen LogP contribution is -2.35. The molecule has 2 aromatic carbocycles. The summed E-state index contributed by atoms with van der Waals surface area (Å²) in [6.45, 7) is 7.70. The molecule has 0 bridgehead atoms. The molecule has 0 atom stereocenters. The van der Waals surface area contributed by atoms with Gasteiger partial charge in [0.05, 0.1) is 11.2 Å². The van der Waals surface area contributed by atoms with Crippen molar-refractivity contribution in [2.75, 3.05) is 20.3 Å². The highest BCUT2D eigenvalue weighted by atomic mass is 35.5. The molecule has 30 heavy (non-hydrogen) atoms. The molecular weight excluding hydrogens is 396 g/mol. The van der Waals surface area contributed by atoms with Gasteiger partial charge in [-0.2, -0.15) is 0 Å². The first-order valence-electron chi connectivity index (χ1n) is 10.3. The molecule has 5 heteroatoms. The Morgan fingerprint density at radius 1 is 1.17 bits per heavy atom. The Bertz CT molecular complexity index is 1030. The zero-order valence-corrected chi connectivity index (χ0v) is 18.9. The van der Waals surface area contributed by atoms with Crippen molar-refractivity contribution < 1.29 is 9.53 Å². The van der Waals surface area contributed by atoms with E-state index in [2.05, 4.69) is 31.2 Å². The van der Waals surface area contributed by atoms with Crippen LogP contribution < -0.4 is 0 Å². The number of carbonyl (C=O) groups excluding carboxylic acids is 1. The molecule has 0 aliphatic rings. The number of halogens is 1. The smallest absolute Gasteiger partial charge is 0.225 e. The number of amides is 1. The van der Waals surface area contributed by atoms with Crippen LogP contribution in [0.5, 0.6) is 0 Å². The number of benzene rings is 2. The number of nitrogens with zero attached hydrogens (tertiary/aromatic N) is 2. The molecule has 0 aliphatic carbocycles. The Hall–Kier alpha value is -2.43. The number of methoxy groups -OCH3 is 1. The molecule has 1 amide bonds. The molecule has 0 fully saturated rings. The van der Waals surface area contributed by atoms with Crippen LogP contribution in [-0.2, 0) is 16.1 Å². The second kappa shape index (κ2) is 10.1. The van der Waals surface area contributed by atoms with Crippen LogP contribution >= 0.6 is 11.6 Å².